The van der Waals surface area contributed by atoms with Gasteiger partial charge in [0.15, 0.2) is 0 Å². The van der Waals surface area contributed by atoms with Crippen molar-refractivity contribution in [1.29, 1.82) is 0 Å². The molecule has 0 unspecified atom stereocenters. The van der Waals surface area contributed by atoms with Gasteiger partial charge in [-0.2, -0.15) is 0 Å². The van der Waals surface area contributed by atoms with Crippen molar-refractivity contribution < 1.29 is 4.39 Å². The highest BCUT2D eigenvalue weighted by atomic mass is 32.1. The lowest BCUT2D eigenvalue weighted by Gasteiger charge is -2.04. The van der Waals surface area contributed by atoms with Gasteiger partial charge in [-0.1, -0.05) is 42.5 Å². The lowest BCUT2D eigenvalue weighted by atomic mass is 10.0. The molecule has 0 spiro atoms. The smallest absolute Gasteiger partial charge is 0.148 e. The SMILES string of the molecule is CCCNCc1nnc(-c2ccc(F)c3ccccc23)s1. The molecular weight excluding hydrogens is 285 g/mol. The Morgan fingerprint density at radius 3 is 2.71 bits per heavy atom. The van der Waals surface area contributed by atoms with E-state index in [1.807, 2.05) is 18.2 Å². The molecule has 0 amide bonds. The highest BCUT2D eigenvalue weighted by molar-refractivity contribution is 7.14. The summed E-state index contributed by atoms with van der Waals surface area (Å²) in [7, 11) is 0. The number of benzene rings is 2. The summed E-state index contributed by atoms with van der Waals surface area (Å²) in [5.74, 6) is -0.205. The Labute approximate surface area is 126 Å². The first kappa shape index (κ1) is 14.1. The van der Waals surface area contributed by atoms with Crippen molar-refractivity contribution in [2.75, 3.05) is 6.54 Å². The van der Waals surface area contributed by atoms with Gasteiger partial charge in [0.2, 0.25) is 0 Å². The molecule has 0 radical (unpaired) electrons. The summed E-state index contributed by atoms with van der Waals surface area (Å²) in [6, 6.07) is 10.7. The molecule has 1 N–H and O–H groups in total. The second-order valence-electron chi connectivity index (χ2n) is 4.82. The molecule has 21 heavy (non-hydrogen) atoms. The van der Waals surface area contributed by atoms with Crippen LogP contribution in [0, 0.1) is 5.82 Å². The molecule has 0 saturated carbocycles. The molecule has 0 fully saturated rings. The van der Waals surface area contributed by atoms with Crippen LogP contribution in [0.2, 0.25) is 0 Å². The summed E-state index contributed by atoms with van der Waals surface area (Å²) in [6.45, 7) is 3.82. The van der Waals surface area contributed by atoms with Crippen molar-refractivity contribution in [3.8, 4) is 10.6 Å². The van der Waals surface area contributed by atoms with Gasteiger partial charge in [0.1, 0.15) is 15.8 Å². The maximum Gasteiger partial charge on any atom is 0.148 e. The van der Waals surface area contributed by atoms with Crippen LogP contribution in [-0.2, 0) is 6.54 Å². The van der Waals surface area contributed by atoms with Crippen LogP contribution in [0.4, 0.5) is 4.39 Å². The molecule has 2 aromatic carbocycles. The number of halogens is 1. The summed E-state index contributed by atoms with van der Waals surface area (Å²) in [5.41, 5.74) is 0.936. The minimum absolute atomic E-state index is 0.205. The van der Waals surface area contributed by atoms with Gasteiger partial charge in [-0.25, -0.2) is 4.39 Å². The van der Waals surface area contributed by atoms with Crippen molar-refractivity contribution in [2.45, 2.75) is 19.9 Å². The van der Waals surface area contributed by atoms with Crippen LogP contribution >= 0.6 is 11.3 Å². The minimum Gasteiger partial charge on any atom is -0.310 e. The van der Waals surface area contributed by atoms with Gasteiger partial charge in [-0.05, 0) is 30.5 Å². The van der Waals surface area contributed by atoms with E-state index in [0.717, 1.165) is 40.5 Å². The predicted molar refractivity (Wildman–Crippen MR) is 84.8 cm³/mol. The Bertz CT molecular complexity index is 754. The van der Waals surface area contributed by atoms with Gasteiger partial charge in [-0.3, -0.25) is 0 Å². The standard InChI is InChI=1S/C16H16FN3S/c1-2-9-18-10-15-19-20-16(21-15)13-7-8-14(17)12-6-4-3-5-11(12)13/h3-8,18H,2,9-10H2,1H3. The van der Waals surface area contributed by atoms with Crippen LogP contribution in [0.3, 0.4) is 0 Å². The van der Waals surface area contributed by atoms with Crippen LogP contribution in [-0.4, -0.2) is 16.7 Å². The van der Waals surface area contributed by atoms with Crippen molar-refractivity contribution in [3.63, 3.8) is 0 Å². The van der Waals surface area contributed by atoms with E-state index >= 15 is 0 Å². The van der Waals surface area contributed by atoms with Crippen LogP contribution in [0.25, 0.3) is 21.3 Å². The van der Waals surface area contributed by atoms with Gasteiger partial charge in [0.05, 0.1) is 0 Å². The molecule has 0 aliphatic heterocycles. The maximum atomic E-state index is 13.9. The molecule has 3 nitrogen and oxygen atoms in total. The molecule has 108 valence electrons. The molecule has 0 saturated heterocycles. The summed E-state index contributed by atoms with van der Waals surface area (Å²) < 4.78 is 13.9. The normalized spacial score (nSPS) is 11.1. The third kappa shape index (κ3) is 2.94. The molecule has 1 aromatic heterocycles. The third-order valence-electron chi connectivity index (χ3n) is 3.27. The van der Waals surface area contributed by atoms with E-state index in [4.69, 9.17) is 0 Å². The molecule has 0 aliphatic rings. The maximum absolute atomic E-state index is 13.9. The summed E-state index contributed by atoms with van der Waals surface area (Å²) in [4.78, 5) is 0. The largest absolute Gasteiger partial charge is 0.310 e. The molecule has 0 aliphatic carbocycles. The van der Waals surface area contributed by atoms with Crippen LogP contribution in [0.5, 0.6) is 0 Å². The highest BCUT2D eigenvalue weighted by Crippen LogP contribution is 2.31. The van der Waals surface area contributed by atoms with E-state index in [0.29, 0.717) is 5.39 Å². The third-order valence-corrected chi connectivity index (χ3v) is 4.23. The zero-order valence-corrected chi connectivity index (χ0v) is 12.6. The number of hydrogen-bond donors (Lipinski definition) is 1. The zero-order valence-electron chi connectivity index (χ0n) is 11.8. The second-order valence-corrected chi connectivity index (χ2v) is 5.88. The minimum atomic E-state index is -0.205. The first-order valence-corrected chi connectivity index (χ1v) is 7.82. The van der Waals surface area contributed by atoms with Gasteiger partial charge in [0.25, 0.3) is 0 Å². The Morgan fingerprint density at radius 1 is 1.10 bits per heavy atom. The van der Waals surface area contributed by atoms with E-state index in [-0.39, 0.29) is 5.82 Å². The summed E-state index contributed by atoms with van der Waals surface area (Å²) in [5, 5.41) is 15.0. The number of nitrogens with one attached hydrogen (secondary N) is 1. The quantitative estimate of drug-likeness (QED) is 0.724. The monoisotopic (exact) mass is 301 g/mol. The van der Waals surface area contributed by atoms with Crippen molar-refractivity contribution in [2.24, 2.45) is 0 Å². The van der Waals surface area contributed by atoms with Crippen molar-refractivity contribution in [3.05, 3.63) is 47.2 Å². The van der Waals surface area contributed by atoms with Crippen molar-refractivity contribution >= 4 is 22.1 Å². The molecule has 3 rings (SSSR count). The second kappa shape index (κ2) is 6.28. The first-order chi connectivity index (χ1) is 10.3. The fourth-order valence-corrected chi connectivity index (χ4v) is 3.10. The lowest BCUT2D eigenvalue weighted by Crippen LogP contribution is -2.13. The van der Waals surface area contributed by atoms with E-state index in [1.165, 1.54) is 6.07 Å². The lowest BCUT2D eigenvalue weighted by molar-refractivity contribution is 0.640. The van der Waals surface area contributed by atoms with Crippen LogP contribution in [0.15, 0.2) is 36.4 Å². The number of aromatic nitrogens is 2. The Balaban J connectivity index is 1.96. The van der Waals surface area contributed by atoms with E-state index in [2.05, 4.69) is 22.4 Å². The van der Waals surface area contributed by atoms with Crippen molar-refractivity contribution in [1.82, 2.24) is 15.5 Å². The molecule has 0 bridgehead atoms. The molecule has 3 aromatic rings. The topological polar surface area (TPSA) is 37.8 Å². The van der Waals surface area contributed by atoms with E-state index < -0.39 is 0 Å². The average molecular weight is 301 g/mol. The average Bonchev–Trinajstić information content (AvgIpc) is 2.97. The Hall–Kier alpha value is -1.85. The highest BCUT2D eigenvalue weighted by Gasteiger charge is 2.11. The molecular formula is C16H16FN3S. The molecule has 5 heteroatoms. The fraction of sp³-hybridized carbons (Fsp3) is 0.250. The molecule has 0 atom stereocenters. The first-order valence-electron chi connectivity index (χ1n) is 7.00. The Morgan fingerprint density at radius 2 is 1.90 bits per heavy atom. The number of fused-ring (bicyclic) bond motifs is 1. The van der Waals surface area contributed by atoms with E-state index in [1.54, 1.807) is 23.5 Å². The van der Waals surface area contributed by atoms with Crippen LogP contribution < -0.4 is 5.32 Å². The predicted octanol–water partition coefficient (Wildman–Crippen LogP) is 4.00. The van der Waals surface area contributed by atoms with E-state index in [9.17, 15) is 4.39 Å². The van der Waals surface area contributed by atoms with Gasteiger partial charge < -0.3 is 5.32 Å². The summed E-state index contributed by atoms with van der Waals surface area (Å²) >= 11 is 1.55. The summed E-state index contributed by atoms with van der Waals surface area (Å²) in [6.07, 6.45) is 1.09. The van der Waals surface area contributed by atoms with Gasteiger partial charge in [0, 0.05) is 17.5 Å². The van der Waals surface area contributed by atoms with Gasteiger partial charge >= 0.3 is 0 Å². The molecule has 1 heterocycles. The zero-order chi connectivity index (χ0) is 14.7. The number of nitrogens with zero attached hydrogens (tertiary/aromatic N) is 2. The van der Waals surface area contributed by atoms with Crippen LogP contribution in [0.1, 0.15) is 18.4 Å². The van der Waals surface area contributed by atoms with Gasteiger partial charge in [-0.15, -0.1) is 10.2 Å². The fourth-order valence-electron chi connectivity index (χ4n) is 2.25. The number of rotatable bonds is 5. The number of hydrogen-bond acceptors (Lipinski definition) is 4. The Kier molecular flexibility index (Phi) is 4.22.